The Bertz CT molecular complexity index is 849. The van der Waals surface area contributed by atoms with Crippen molar-refractivity contribution in [2.24, 2.45) is 0 Å². The first-order valence-corrected chi connectivity index (χ1v) is 8.23. The van der Waals surface area contributed by atoms with E-state index in [0.29, 0.717) is 16.8 Å². The summed E-state index contributed by atoms with van der Waals surface area (Å²) < 4.78 is 5.05. The van der Waals surface area contributed by atoms with Gasteiger partial charge in [0.25, 0.3) is 0 Å². The highest BCUT2D eigenvalue weighted by Gasteiger charge is 2.17. The molecule has 23 heavy (non-hydrogen) atoms. The first-order chi connectivity index (χ1) is 11.2. The minimum absolute atomic E-state index is 0.275. The zero-order valence-corrected chi connectivity index (χ0v) is 13.5. The van der Waals surface area contributed by atoms with E-state index in [1.807, 2.05) is 30.5 Å². The Kier molecular flexibility index (Phi) is 4.42. The highest BCUT2D eigenvalue weighted by atomic mass is 32.2. The number of carbonyl (C=O) groups excluding carboxylic acids is 1. The molecule has 2 aromatic heterocycles. The van der Waals surface area contributed by atoms with Crippen LogP contribution in [0.15, 0.2) is 35.6 Å². The lowest BCUT2D eigenvalue weighted by Gasteiger charge is -2.09. The number of nitrogens with zero attached hydrogens (tertiary/aromatic N) is 3. The van der Waals surface area contributed by atoms with Crippen LogP contribution in [0.3, 0.4) is 0 Å². The van der Waals surface area contributed by atoms with Crippen molar-refractivity contribution >= 4 is 40.3 Å². The Morgan fingerprint density at radius 1 is 1.35 bits per heavy atom. The smallest absolute Gasteiger partial charge is 0.343 e. The van der Waals surface area contributed by atoms with Crippen LogP contribution in [0.4, 0.5) is 11.6 Å². The maximum absolute atomic E-state index is 12.1. The highest BCUT2D eigenvalue weighted by molar-refractivity contribution is 7.98. The number of aromatic nitrogens is 4. The molecule has 0 saturated carbocycles. The zero-order valence-electron chi connectivity index (χ0n) is 12.7. The molecule has 7 nitrogen and oxygen atoms in total. The van der Waals surface area contributed by atoms with Crippen LogP contribution in [-0.2, 0) is 4.74 Å². The van der Waals surface area contributed by atoms with Gasteiger partial charge in [0.1, 0.15) is 5.56 Å². The molecule has 0 aliphatic rings. The molecule has 0 saturated heterocycles. The third-order valence-electron chi connectivity index (χ3n) is 3.15. The molecule has 0 amide bonds. The quantitative estimate of drug-likeness (QED) is 0.422. The molecule has 0 bridgehead atoms. The molecule has 8 heteroatoms. The number of thioether (sulfide) groups is 1. The predicted octanol–water partition coefficient (Wildman–Crippen LogP) is 3.00. The SMILES string of the molecule is CCOC(=O)c1cnc(SC)nc1Nc1n[nH]c2ccccc12. The second-order valence-corrected chi connectivity index (χ2v) is 5.36. The van der Waals surface area contributed by atoms with Gasteiger partial charge in [0.05, 0.1) is 12.1 Å². The van der Waals surface area contributed by atoms with E-state index in [1.165, 1.54) is 18.0 Å². The fraction of sp³-hybridized carbons (Fsp3) is 0.200. The molecule has 0 fully saturated rings. The van der Waals surface area contributed by atoms with E-state index in [9.17, 15) is 4.79 Å². The molecule has 3 rings (SSSR count). The fourth-order valence-corrected chi connectivity index (χ4v) is 2.43. The van der Waals surface area contributed by atoms with Crippen molar-refractivity contribution in [1.82, 2.24) is 20.2 Å². The number of hydrogen-bond donors (Lipinski definition) is 2. The average molecular weight is 329 g/mol. The van der Waals surface area contributed by atoms with Crippen LogP contribution < -0.4 is 5.32 Å². The van der Waals surface area contributed by atoms with E-state index in [0.717, 1.165) is 10.9 Å². The molecule has 0 unspecified atom stereocenters. The summed E-state index contributed by atoms with van der Waals surface area (Å²) >= 11 is 1.39. The van der Waals surface area contributed by atoms with Gasteiger partial charge in [-0.25, -0.2) is 14.8 Å². The van der Waals surface area contributed by atoms with Crippen molar-refractivity contribution in [1.29, 1.82) is 0 Å². The predicted molar refractivity (Wildman–Crippen MR) is 89.1 cm³/mol. The second-order valence-electron chi connectivity index (χ2n) is 4.58. The molecule has 0 radical (unpaired) electrons. The van der Waals surface area contributed by atoms with Crippen molar-refractivity contribution in [2.75, 3.05) is 18.2 Å². The van der Waals surface area contributed by atoms with Crippen molar-refractivity contribution in [2.45, 2.75) is 12.1 Å². The van der Waals surface area contributed by atoms with Gasteiger partial charge in [-0.15, -0.1) is 0 Å². The summed E-state index contributed by atoms with van der Waals surface area (Å²) in [6, 6.07) is 7.70. The zero-order chi connectivity index (χ0) is 16.2. The summed E-state index contributed by atoms with van der Waals surface area (Å²) in [6.45, 7) is 2.04. The lowest BCUT2D eigenvalue weighted by atomic mass is 10.2. The molecular weight excluding hydrogens is 314 g/mol. The molecular formula is C15H15N5O2S. The summed E-state index contributed by atoms with van der Waals surface area (Å²) in [5.41, 5.74) is 1.17. The second kappa shape index (κ2) is 6.66. The van der Waals surface area contributed by atoms with Gasteiger partial charge in [-0.3, -0.25) is 5.10 Å². The van der Waals surface area contributed by atoms with E-state index in [-0.39, 0.29) is 12.2 Å². The molecule has 2 N–H and O–H groups in total. The maximum Gasteiger partial charge on any atom is 0.343 e. The lowest BCUT2D eigenvalue weighted by molar-refractivity contribution is 0.0526. The number of rotatable bonds is 5. The number of carbonyl (C=O) groups is 1. The molecule has 0 atom stereocenters. The summed E-state index contributed by atoms with van der Waals surface area (Å²) in [5, 5.41) is 11.7. The van der Waals surface area contributed by atoms with Gasteiger partial charge in [-0.2, -0.15) is 5.10 Å². The van der Waals surface area contributed by atoms with Crippen LogP contribution in [0.1, 0.15) is 17.3 Å². The van der Waals surface area contributed by atoms with Crippen LogP contribution in [0, 0.1) is 0 Å². The van der Waals surface area contributed by atoms with E-state index in [4.69, 9.17) is 4.74 Å². The largest absolute Gasteiger partial charge is 0.462 e. The van der Waals surface area contributed by atoms with Gasteiger partial charge < -0.3 is 10.1 Å². The van der Waals surface area contributed by atoms with Gasteiger partial charge >= 0.3 is 5.97 Å². The Morgan fingerprint density at radius 3 is 2.96 bits per heavy atom. The number of fused-ring (bicyclic) bond motifs is 1. The molecule has 0 aliphatic carbocycles. The first-order valence-electron chi connectivity index (χ1n) is 7.01. The summed E-state index contributed by atoms with van der Waals surface area (Å²) in [5.74, 6) is 0.499. The summed E-state index contributed by atoms with van der Waals surface area (Å²) in [4.78, 5) is 20.6. The number of para-hydroxylation sites is 1. The standard InChI is InChI=1S/C15H15N5O2S/c1-3-22-14(21)10-8-16-15(23-2)18-12(10)17-13-9-6-4-5-7-11(9)19-20-13/h4-8H,3H2,1-2H3,(H2,16,17,18,19,20). The highest BCUT2D eigenvalue weighted by Crippen LogP contribution is 2.25. The van der Waals surface area contributed by atoms with Gasteiger partial charge in [0.2, 0.25) is 0 Å². The number of esters is 1. The van der Waals surface area contributed by atoms with Crippen LogP contribution >= 0.6 is 11.8 Å². The fourth-order valence-electron chi connectivity index (χ4n) is 2.09. The van der Waals surface area contributed by atoms with Crippen LogP contribution in [0.5, 0.6) is 0 Å². The van der Waals surface area contributed by atoms with Crippen LogP contribution in [0.2, 0.25) is 0 Å². The summed E-state index contributed by atoms with van der Waals surface area (Å²) in [7, 11) is 0. The van der Waals surface area contributed by atoms with E-state index >= 15 is 0 Å². The molecule has 0 spiro atoms. The third-order valence-corrected chi connectivity index (χ3v) is 3.71. The van der Waals surface area contributed by atoms with Crippen molar-refractivity contribution < 1.29 is 9.53 Å². The minimum atomic E-state index is -0.470. The number of H-pyrrole nitrogens is 1. The molecule has 3 aromatic rings. The van der Waals surface area contributed by atoms with Gasteiger partial charge in [0, 0.05) is 11.6 Å². The maximum atomic E-state index is 12.1. The Balaban J connectivity index is 2.01. The molecule has 0 aliphatic heterocycles. The molecule has 1 aromatic carbocycles. The Morgan fingerprint density at radius 2 is 2.17 bits per heavy atom. The monoisotopic (exact) mass is 329 g/mol. The van der Waals surface area contributed by atoms with Crippen LogP contribution in [-0.4, -0.2) is 39.0 Å². The van der Waals surface area contributed by atoms with Crippen LogP contribution in [0.25, 0.3) is 10.9 Å². The van der Waals surface area contributed by atoms with Crippen molar-refractivity contribution in [3.05, 3.63) is 36.0 Å². The molecule has 2 heterocycles. The average Bonchev–Trinajstić information content (AvgIpc) is 2.98. The minimum Gasteiger partial charge on any atom is -0.462 e. The Hall–Kier alpha value is -2.61. The van der Waals surface area contributed by atoms with E-state index < -0.39 is 5.97 Å². The topological polar surface area (TPSA) is 92.8 Å². The van der Waals surface area contributed by atoms with E-state index in [1.54, 1.807) is 6.92 Å². The first kappa shape index (κ1) is 15.3. The Labute approximate surface area is 136 Å². The third kappa shape index (κ3) is 3.11. The van der Waals surface area contributed by atoms with Gasteiger partial charge in [0.15, 0.2) is 16.8 Å². The van der Waals surface area contributed by atoms with Gasteiger partial charge in [-0.1, -0.05) is 23.9 Å². The number of hydrogen-bond acceptors (Lipinski definition) is 7. The number of benzene rings is 1. The number of ether oxygens (including phenoxy) is 1. The number of anilines is 2. The normalized spacial score (nSPS) is 10.7. The molecule has 118 valence electrons. The van der Waals surface area contributed by atoms with E-state index in [2.05, 4.69) is 25.5 Å². The van der Waals surface area contributed by atoms with Gasteiger partial charge in [-0.05, 0) is 25.3 Å². The lowest BCUT2D eigenvalue weighted by Crippen LogP contribution is -2.11. The number of nitrogens with one attached hydrogen (secondary N) is 2. The van der Waals surface area contributed by atoms with Crippen molar-refractivity contribution in [3.63, 3.8) is 0 Å². The van der Waals surface area contributed by atoms with Crippen molar-refractivity contribution in [3.8, 4) is 0 Å². The summed E-state index contributed by atoms with van der Waals surface area (Å²) in [6.07, 6.45) is 3.33. The number of aromatic amines is 1.